The molecule has 1 aromatic heterocycles. The van der Waals surface area contributed by atoms with E-state index in [1.54, 1.807) is 6.20 Å². The van der Waals surface area contributed by atoms with Crippen LogP contribution in [-0.2, 0) is 6.42 Å². The molecule has 0 bridgehead atoms. The Morgan fingerprint density at radius 3 is 2.93 bits per heavy atom. The SMILES string of the molecule is CCCC(Br)CCc1cccnc1N. The standard InChI is InChI=1S/C11H17BrN2/c1-2-4-10(12)7-6-9-5-3-8-14-11(9)13/h3,5,8,10H,2,4,6-7H2,1H3,(H2,13,14). The third-order valence-corrected chi connectivity index (χ3v) is 3.17. The number of hydrogen-bond acceptors (Lipinski definition) is 2. The van der Waals surface area contributed by atoms with Crippen molar-refractivity contribution in [2.24, 2.45) is 0 Å². The maximum Gasteiger partial charge on any atom is 0.126 e. The Bertz CT molecular complexity index is 276. The summed E-state index contributed by atoms with van der Waals surface area (Å²) in [6, 6.07) is 3.99. The van der Waals surface area contributed by atoms with Crippen molar-refractivity contribution in [3.63, 3.8) is 0 Å². The first-order valence-electron chi connectivity index (χ1n) is 5.07. The van der Waals surface area contributed by atoms with Gasteiger partial charge in [0.25, 0.3) is 0 Å². The van der Waals surface area contributed by atoms with E-state index in [0.29, 0.717) is 10.6 Å². The minimum absolute atomic E-state index is 0.604. The van der Waals surface area contributed by atoms with Crippen molar-refractivity contribution < 1.29 is 0 Å². The summed E-state index contributed by atoms with van der Waals surface area (Å²) >= 11 is 3.66. The average molecular weight is 257 g/mol. The molecule has 2 N–H and O–H groups in total. The van der Waals surface area contributed by atoms with Crippen LogP contribution in [0.4, 0.5) is 5.82 Å². The van der Waals surface area contributed by atoms with E-state index in [0.717, 1.165) is 18.4 Å². The number of nitrogens with zero attached hydrogens (tertiary/aromatic N) is 1. The number of hydrogen-bond donors (Lipinski definition) is 1. The fourth-order valence-corrected chi connectivity index (χ4v) is 2.12. The molecule has 0 amide bonds. The third-order valence-electron chi connectivity index (χ3n) is 2.25. The monoisotopic (exact) mass is 256 g/mol. The molecular weight excluding hydrogens is 240 g/mol. The van der Waals surface area contributed by atoms with Crippen molar-refractivity contribution in [1.29, 1.82) is 0 Å². The van der Waals surface area contributed by atoms with Crippen LogP contribution in [0.5, 0.6) is 0 Å². The summed E-state index contributed by atoms with van der Waals surface area (Å²) in [5.41, 5.74) is 6.91. The number of pyridine rings is 1. The highest BCUT2D eigenvalue weighted by atomic mass is 79.9. The molecule has 1 aromatic rings. The summed E-state index contributed by atoms with van der Waals surface area (Å²) in [5, 5.41) is 0. The second-order valence-electron chi connectivity index (χ2n) is 3.47. The summed E-state index contributed by atoms with van der Waals surface area (Å²) in [6.45, 7) is 2.20. The van der Waals surface area contributed by atoms with E-state index in [1.807, 2.05) is 12.1 Å². The van der Waals surface area contributed by atoms with Gasteiger partial charge in [0.2, 0.25) is 0 Å². The van der Waals surface area contributed by atoms with Crippen LogP contribution >= 0.6 is 15.9 Å². The van der Waals surface area contributed by atoms with Gasteiger partial charge in [0.15, 0.2) is 0 Å². The van der Waals surface area contributed by atoms with Crippen molar-refractivity contribution in [2.75, 3.05) is 5.73 Å². The molecule has 78 valence electrons. The van der Waals surface area contributed by atoms with Gasteiger partial charge >= 0.3 is 0 Å². The minimum Gasteiger partial charge on any atom is -0.383 e. The number of rotatable bonds is 5. The molecule has 14 heavy (non-hydrogen) atoms. The van der Waals surface area contributed by atoms with Crippen molar-refractivity contribution in [2.45, 2.75) is 37.4 Å². The number of aryl methyl sites for hydroxylation is 1. The van der Waals surface area contributed by atoms with Crippen molar-refractivity contribution in [3.8, 4) is 0 Å². The van der Waals surface area contributed by atoms with Gasteiger partial charge < -0.3 is 5.73 Å². The van der Waals surface area contributed by atoms with Crippen LogP contribution in [0.25, 0.3) is 0 Å². The topological polar surface area (TPSA) is 38.9 Å². The van der Waals surface area contributed by atoms with Crippen LogP contribution < -0.4 is 5.73 Å². The lowest BCUT2D eigenvalue weighted by molar-refractivity contribution is 0.693. The molecule has 0 saturated carbocycles. The molecule has 0 aliphatic rings. The van der Waals surface area contributed by atoms with Crippen LogP contribution in [0.2, 0.25) is 0 Å². The van der Waals surface area contributed by atoms with E-state index in [2.05, 4.69) is 27.8 Å². The van der Waals surface area contributed by atoms with E-state index < -0.39 is 0 Å². The van der Waals surface area contributed by atoms with Gasteiger partial charge in [-0.1, -0.05) is 35.3 Å². The van der Waals surface area contributed by atoms with Crippen molar-refractivity contribution >= 4 is 21.7 Å². The van der Waals surface area contributed by atoms with Gasteiger partial charge in [-0.15, -0.1) is 0 Å². The van der Waals surface area contributed by atoms with E-state index in [1.165, 1.54) is 12.8 Å². The van der Waals surface area contributed by atoms with Crippen LogP contribution in [0.1, 0.15) is 31.7 Å². The third kappa shape index (κ3) is 3.66. The average Bonchev–Trinajstić information content (AvgIpc) is 2.17. The largest absolute Gasteiger partial charge is 0.383 e. The number of nitrogens with two attached hydrogens (primary N) is 1. The van der Waals surface area contributed by atoms with Gasteiger partial charge in [-0.25, -0.2) is 4.98 Å². The van der Waals surface area contributed by atoms with Gasteiger partial charge in [-0.05, 0) is 30.9 Å². The zero-order valence-corrected chi connectivity index (χ0v) is 10.1. The molecule has 0 aromatic carbocycles. The van der Waals surface area contributed by atoms with Gasteiger partial charge in [0.1, 0.15) is 5.82 Å². The Hall–Kier alpha value is -0.570. The summed E-state index contributed by atoms with van der Waals surface area (Å²) in [6.07, 6.45) is 6.31. The smallest absolute Gasteiger partial charge is 0.126 e. The first-order chi connectivity index (χ1) is 6.74. The number of aromatic nitrogens is 1. The number of alkyl halides is 1. The lowest BCUT2D eigenvalue weighted by Crippen LogP contribution is -2.02. The Morgan fingerprint density at radius 1 is 1.50 bits per heavy atom. The second kappa shape index (κ2) is 6.02. The highest BCUT2D eigenvalue weighted by Gasteiger charge is 2.05. The lowest BCUT2D eigenvalue weighted by atomic mass is 10.1. The van der Waals surface area contributed by atoms with Crippen molar-refractivity contribution in [3.05, 3.63) is 23.9 Å². The van der Waals surface area contributed by atoms with Crippen molar-refractivity contribution in [1.82, 2.24) is 4.98 Å². The molecule has 1 atom stereocenters. The van der Waals surface area contributed by atoms with E-state index >= 15 is 0 Å². The molecule has 0 saturated heterocycles. The minimum atomic E-state index is 0.604. The fourth-order valence-electron chi connectivity index (χ4n) is 1.43. The maximum atomic E-state index is 5.75. The molecule has 0 spiro atoms. The Kier molecular flexibility index (Phi) is 4.94. The number of halogens is 1. The molecule has 0 aliphatic carbocycles. The van der Waals surface area contributed by atoms with E-state index in [-0.39, 0.29) is 0 Å². The summed E-state index contributed by atoms with van der Waals surface area (Å²) < 4.78 is 0. The summed E-state index contributed by atoms with van der Waals surface area (Å²) in [7, 11) is 0. The molecule has 0 radical (unpaired) electrons. The van der Waals surface area contributed by atoms with Crippen LogP contribution in [-0.4, -0.2) is 9.81 Å². The van der Waals surface area contributed by atoms with Crippen LogP contribution in [0.15, 0.2) is 18.3 Å². The number of nitrogen functional groups attached to an aromatic ring is 1. The lowest BCUT2D eigenvalue weighted by Gasteiger charge is -2.08. The van der Waals surface area contributed by atoms with E-state index in [4.69, 9.17) is 5.73 Å². The van der Waals surface area contributed by atoms with Crippen LogP contribution in [0.3, 0.4) is 0 Å². The fraction of sp³-hybridized carbons (Fsp3) is 0.545. The van der Waals surface area contributed by atoms with Gasteiger partial charge in [0.05, 0.1) is 0 Å². The van der Waals surface area contributed by atoms with Gasteiger partial charge in [0, 0.05) is 11.0 Å². The van der Waals surface area contributed by atoms with Gasteiger partial charge in [-0.2, -0.15) is 0 Å². The zero-order valence-electron chi connectivity index (χ0n) is 8.54. The maximum absolute atomic E-state index is 5.75. The molecule has 1 heterocycles. The Morgan fingerprint density at radius 2 is 2.29 bits per heavy atom. The first kappa shape index (κ1) is 11.5. The zero-order chi connectivity index (χ0) is 10.4. The Balaban J connectivity index is 2.41. The Labute approximate surface area is 94.0 Å². The predicted molar refractivity (Wildman–Crippen MR) is 64.6 cm³/mol. The molecule has 0 fully saturated rings. The molecule has 0 aliphatic heterocycles. The number of anilines is 1. The quantitative estimate of drug-likeness (QED) is 0.823. The normalized spacial score (nSPS) is 12.7. The highest BCUT2D eigenvalue weighted by Crippen LogP contribution is 2.17. The molecule has 1 rings (SSSR count). The predicted octanol–water partition coefficient (Wildman–Crippen LogP) is 3.16. The van der Waals surface area contributed by atoms with Crippen LogP contribution in [0, 0.1) is 0 Å². The summed E-state index contributed by atoms with van der Waals surface area (Å²) in [4.78, 5) is 4.67. The highest BCUT2D eigenvalue weighted by molar-refractivity contribution is 9.09. The molecular formula is C11H17BrN2. The molecule has 2 nitrogen and oxygen atoms in total. The second-order valence-corrected chi connectivity index (χ2v) is 4.77. The first-order valence-corrected chi connectivity index (χ1v) is 5.99. The molecule has 3 heteroatoms. The van der Waals surface area contributed by atoms with Gasteiger partial charge in [-0.3, -0.25) is 0 Å². The summed E-state index contributed by atoms with van der Waals surface area (Å²) in [5.74, 6) is 0.670. The molecule has 1 unspecified atom stereocenters. The van der Waals surface area contributed by atoms with E-state index in [9.17, 15) is 0 Å².